The average Bonchev–Trinajstić information content (AvgIpc) is 2.60. The van der Waals surface area contributed by atoms with Crippen LogP contribution in [0.15, 0.2) is 36.4 Å². The molecule has 5 N–H and O–H groups in total. The minimum Gasteiger partial charge on any atom is -0.504 e. The number of hydrogen-bond donors (Lipinski definition) is 4. The third-order valence-electron chi connectivity index (χ3n) is 5.09. The molecule has 24 heavy (non-hydrogen) atoms. The first-order valence-corrected chi connectivity index (χ1v) is 8.34. The number of aromatic hydroxyl groups is 1. The van der Waals surface area contributed by atoms with Gasteiger partial charge in [0.05, 0.1) is 0 Å². The number of phenols is 1. The van der Waals surface area contributed by atoms with Crippen LogP contribution in [0.25, 0.3) is 0 Å². The Balaban J connectivity index is 1.86. The third kappa shape index (κ3) is 2.41. The molecule has 0 aromatic heterocycles. The summed E-state index contributed by atoms with van der Waals surface area (Å²) in [7, 11) is 0. The first-order chi connectivity index (χ1) is 11.6. The summed E-state index contributed by atoms with van der Waals surface area (Å²) in [6, 6.07) is 11.3. The van der Waals surface area contributed by atoms with Crippen LogP contribution in [0.5, 0.6) is 17.2 Å². The van der Waals surface area contributed by atoms with Crippen molar-refractivity contribution in [2.45, 2.75) is 18.8 Å². The molecule has 4 rings (SSSR count). The van der Waals surface area contributed by atoms with E-state index in [1.807, 2.05) is 24.3 Å². The molecule has 0 radical (unpaired) electrons. The lowest BCUT2D eigenvalue weighted by molar-refractivity contribution is 0.315. The summed E-state index contributed by atoms with van der Waals surface area (Å²) >= 11 is 0. The van der Waals surface area contributed by atoms with Gasteiger partial charge in [0.1, 0.15) is 11.6 Å². The molecule has 5 nitrogen and oxygen atoms in total. The van der Waals surface area contributed by atoms with Gasteiger partial charge in [0, 0.05) is 22.6 Å². The van der Waals surface area contributed by atoms with Crippen molar-refractivity contribution < 1.29 is 9.84 Å². The summed E-state index contributed by atoms with van der Waals surface area (Å²) in [4.78, 5) is 0. The van der Waals surface area contributed by atoms with Crippen molar-refractivity contribution >= 4 is 5.84 Å². The lowest BCUT2D eigenvalue weighted by Gasteiger charge is -2.36. The summed E-state index contributed by atoms with van der Waals surface area (Å²) in [5.41, 5.74) is 8.42. The van der Waals surface area contributed by atoms with Gasteiger partial charge >= 0.3 is 0 Å². The molecule has 2 aliphatic rings. The maximum atomic E-state index is 10.3. The van der Waals surface area contributed by atoms with E-state index in [1.54, 1.807) is 12.1 Å². The molecule has 1 unspecified atom stereocenters. The maximum Gasteiger partial charge on any atom is 0.172 e. The molecule has 1 saturated heterocycles. The number of piperidine rings is 1. The molecular weight excluding hydrogens is 302 g/mol. The van der Waals surface area contributed by atoms with Crippen LogP contribution < -0.4 is 15.8 Å². The zero-order valence-electron chi connectivity index (χ0n) is 13.4. The van der Waals surface area contributed by atoms with Gasteiger partial charge in [0.25, 0.3) is 0 Å². The van der Waals surface area contributed by atoms with Gasteiger partial charge in [-0.25, -0.2) is 0 Å². The highest BCUT2D eigenvalue weighted by atomic mass is 16.5. The second-order valence-electron chi connectivity index (χ2n) is 6.53. The number of hydrogen-bond acceptors (Lipinski definition) is 4. The smallest absolute Gasteiger partial charge is 0.172 e. The number of rotatable bonds is 2. The Labute approximate surface area is 141 Å². The van der Waals surface area contributed by atoms with E-state index in [2.05, 4.69) is 5.32 Å². The molecule has 5 heteroatoms. The van der Waals surface area contributed by atoms with E-state index in [9.17, 15) is 5.11 Å². The summed E-state index contributed by atoms with van der Waals surface area (Å²) in [5.74, 6) is 2.10. The number of fused-ring (bicyclic) bond motifs is 2. The largest absolute Gasteiger partial charge is 0.504 e. The fourth-order valence-corrected chi connectivity index (χ4v) is 3.91. The van der Waals surface area contributed by atoms with Crippen LogP contribution in [0.4, 0.5) is 0 Å². The predicted octanol–water partition coefficient (Wildman–Crippen LogP) is 2.91. The molecule has 0 saturated carbocycles. The number of ether oxygens (including phenoxy) is 1. The second kappa shape index (κ2) is 5.83. The third-order valence-corrected chi connectivity index (χ3v) is 5.09. The number of nitrogens with one attached hydrogen (secondary N) is 2. The van der Waals surface area contributed by atoms with Crippen molar-refractivity contribution in [3.05, 3.63) is 53.1 Å². The summed E-state index contributed by atoms with van der Waals surface area (Å²) in [5, 5.41) is 21.3. The Morgan fingerprint density at radius 1 is 1.17 bits per heavy atom. The molecule has 0 bridgehead atoms. The van der Waals surface area contributed by atoms with Crippen LogP contribution in [-0.2, 0) is 0 Å². The standard InChI is InChI=1S/C19H21N3O2/c20-19(21)12-4-5-13-16(10-12)24-18-14(2-1-3-15(18)23)17(13)11-6-8-22-9-7-11/h1-5,10-11,17,22-23H,6-9H2,(H3,20,21). The molecule has 2 heterocycles. The zero-order valence-corrected chi connectivity index (χ0v) is 13.4. The fraction of sp³-hybridized carbons (Fsp3) is 0.316. The molecule has 2 aromatic rings. The van der Waals surface area contributed by atoms with Crippen LogP contribution in [0, 0.1) is 11.3 Å². The van der Waals surface area contributed by atoms with Crippen molar-refractivity contribution in [1.29, 1.82) is 5.41 Å². The van der Waals surface area contributed by atoms with Crippen molar-refractivity contribution in [1.82, 2.24) is 5.32 Å². The molecule has 2 aliphatic heterocycles. The van der Waals surface area contributed by atoms with Gasteiger partial charge in [-0.1, -0.05) is 24.3 Å². The van der Waals surface area contributed by atoms with Gasteiger partial charge in [-0.15, -0.1) is 0 Å². The molecule has 0 aliphatic carbocycles. The van der Waals surface area contributed by atoms with Gasteiger partial charge < -0.3 is 20.9 Å². The van der Waals surface area contributed by atoms with E-state index in [0.717, 1.165) is 37.1 Å². The van der Waals surface area contributed by atoms with Crippen LogP contribution in [0.3, 0.4) is 0 Å². The van der Waals surface area contributed by atoms with Gasteiger partial charge in [-0.05, 0) is 44.0 Å². The molecule has 124 valence electrons. The van der Waals surface area contributed by atoms with Gasteiger partial charge in [0.15, 0.2) is 11.5 Å². The summed E-state index contributed by atoms with van der Waals surface area (Å²) in [6.07, 6.45) is 2.18. The Morgan fingerprint density at radius 2 is 1.96 bits per heavy atom. The maximum absolute atomic E-state index is 10.3. The van der Waals surface area contributed by atoms with E-state index in [4.69, 9.17) is 15.9 Å². The number of phenolic OH excluding ortho intramolecular Hbond substituents is 1. The van der Waals surface area contributed by atoms with Gasteiger partial charge in [-0.2, -0.15) is 0 Å². The minimum atomic E-state index is 0.0166. The number of nitrogens with two attached hydrogens (primary N) is 1. The highest BCUT2D eigenvalue weighted by molar-refractivity contribution is 5.95. The van der Waals surface area contributed by atoms with Crippen molar-refractivity contribution in [3.63, 3.8) is 0 Å². The average molecular weight is 323 g/mol. The molecule has 2 aromatic carbocycles. The fourth-order valence-electron chi connectivity index (χ4n) is 3.91. The Morgan fingerprint density at radius 3 is 2.71 bits per heavy atom. The molecule has 1 fully saturated rings. The Hall–Kier alpha value is -2.53. The quantitative estimate of drug-likeness (QED) is 0.505. The topological polar surface area (TPSA) is 91.4 Å². The van der Waals surface area contributed by atoms with Crippen LogP contribution >= 0.6 is 0 Å². The van der Waals surface area contributed by atoms with Crippen LogP contribution in [0.2, 0.25) is 0 Å². The molecule has 0 spiro atoms. The highest BCUT2D eigenvalue weighted by Gasteiger charge is 2.35. The zero-order chi connectivity index (χ0) is 16.7. The van der Waals surface area contributed by atoms with Gasteiger partial charge in [-0.3, -0.25) is 5.41 Å². The molecule has 0 amide bonds. The normalized spacial score (nSPS) is 19.9. The van der Waals surface area contributed by atoms with Crippen LogP contribution in [0.1, 0.15) is 35.4 Å². The SMILES string of the molecule is N=C(N)c1ccc2c(c1)Oc1c(O)cccc1C2C1CCNCC1. The van der Waals surface area contributed by atoms with Gasteiger partial charge in [0.2, 0.25) is 0 Å². The number of amidine groups is 1. The van der Waals surface area contributed by atoms with E-state index in [-0.39, 0.29) is 17.5 Å². The second-order valence-corrected chi connectivity index (χ2v) is 6.53. The summed E-state index contributed by atoms with van der Waals surface area (Å²) < 4.78 is 6.00. The Kier molecular flexibility index (Phi) is 3.65. The summed E-state index contributed by atoms with van der Waals surface area (Å²) in [6.45, 7) is 2.02. The van der Waals surface area contributed by atoms with Crippen molar-refractivity contribution in [3.8, 4) is 17.2 Å². The van der Waals surface area contributed by atoms with E-state index >= 15 is 0 Å². The van der Waals surface area contributed by atoms with Crippen LogP contribution in [-0.4, -0.2) is 24.0 Å². The molecular formula is C19H21N3O2. The van der Waals surface area contributed by atoms with E-state index in [0.29, 0.717) is 23.0 Å². The molecule has 1 atom stereocenters. The lowest BCUT2D eigenvalue weighted by Crippen LogP contribution is -2.32. The number of benzene rings is 2. The van der Waals surface area contributed by atoms with Crippen molar-refractivity contribution in [2.75, 3.05) is 13.1 Å². The number of para-hydroxylation sites is 1. The number of nitrogen functional groups attached to an aromatic ring is 1. The van der Waals surface area contributed by atoms with Crippen molar-refractivity contribution in [2.24, 2.45) is 11.7 Å². The first kappa shape index (κ1) is 15.0. The monoisotopic (exact) mass is 323 g/mol. The highest BCUT2D eigenvalue weighted by Crippen LogP contribution is 2.52. The predicted molar refractivity (Wildman–Crippen MR) is 93.1 cm³/mol. The van der Waals surface area contributed by atoms with E-state index in [1.165, 1.54) is 0 Å². The van der Waals surface area contributed by atoms with E-state index < -0.39 is 0 Å². The lowest BCUT2D eigenvalue weighted by atomic mass is 9.74. The Bertz CT molecular complexity index is 797. The minimum absolute atomic E-state index is 0.0166. The first-order valence-electron chi connectivity index (χ1n) is 8.34.